The van der Waals surface area contributed by atoms with E-state index in [4.69, 9.17) is 4.74 Å². The predicted molar refractivity (Wildman–Crippen MR) is 133 cm³/mol. The van der Waals surface area contributed by atoms with Crippen molar-refractivity contribution in [2.24, 2.45) is 17.3 Å². The van der Waals surface area contributed by atoms with Gasteiger partial charge < -0.3 is 14.8 Å². The van der Waals surface area contributed by atoms with Gasteiger partial charge in [0.25, 0.3) is 0 Å². The Morgan fingerprint density at radius 2 is 1.62 bits per heavy atom. The van der Waals surface area contributed by atoms with Crippen LogP contribution in [0.4, 0.5) is 0 Å². The van der Waals surface area contributed by atoms with Crippen LogP contribution in [0.2, 0.25) is 0 Å². The van der Waals surface area contributed by atoms with Crippen molar-refractivity contribution in [2.45, 2.75) is 71.4 Å². The molecular formula is C29H37NO4. The van der Waals surface area contributed by atoms with Gasteiger partial charge in [-0.1, -0.05) is 86.8 Å². The Morgan fingerprint density at radius 1 is 1.03 bits per heavy atom. The number of benzene rings is 2. The second-order valence-electron chi connectivity index (χ2n) is 9.71. The first-order valence-corrected chi connectivity index (χ1v) is 12.4. The molecule has 0 heterocycles. The van der Waals surface area contributed by atoms with Crippen LogP contribution in [-0.4, -0.2) is 24.2 Å². The van der Waals surface area contributed by atoms with Gasteiger partial charge in [0.2, 0.25) is 5.91 Å². The first-order chi connectivity index (χ1) is 16.4. The van der Waals surface area contributed by atoms with Crippen molar-refractivity contribution in [3.63, 3.8) is 0 Å². The molecule has 0 aliphatic heterocycles. The molecule has 4 atom stereocenters. The number of hydrogen-bond donors (Lipinski definition) is 1. The molecule has 182 valence electrons. The molecule has 2 aromatic rings. The molecule has 4 unspecified atom stereocenters. The third-order valence-electron chi connectivity index (χ3n) is 7.17. The van der Waals surface area contributed by atoms with Crippen LogP contribution in [0.5, 0.6) is 0 Å². The number of hydrogen-bond acceptors (Lipinski definition) is 4. The highest BCUT2D eigenvalue weighted by Crippen LogP contribution is 2.51. The Labute approximate surface area is 203 Å². The lowest BCUT2D eigenvalue weighted by molar-refractivity contribution is -0.160. The second kappa shape index (κ2) is 12.0. The highest BCUT2D eigenvalue weighted by Gasteiger charge is 2.52. The van der Waals surface area contributed by atoms with Crippen molar-refractivity contribution in [3.8, 4) is 0 Å². The van der Waals surface area contributed by atoms with E-state index in [-0.39, 0.29) is 29.8 Å². The van der Waals surface area contributed by atoms with Crippen molar-refractivity contribution < 1.29 is 19.1 Å². The molecule has 1 fully saturated rings. The lowest BCUT2D eigenvalue weighted by atomic mass is 9.79. The summed E-state index contributed by atoms with van der Waals surface area (Å²) in [5.74, 6) is -0.757. The first-order valence-electron chi connectivity index (χ1n) is 12.4. The highest BCUT2D eigenvalue weighted by atomic mass is 16.5. The molecule has 34 heavy (non-hydrogen) atoms. The number of nitrogens with one attached hydrogen (secondary N) is 1. The zero-order valence-corrected chi connectivity index (χ0v) is 20.5. The van der Waals surface area contributed by atoms with Gasteiger partial charge in [0.1, 0.15) is 6.29 Å². The fraction of sp³-hybridized carbons (Fsp3) is 0.483. The van der Waals surface area contributed by atoms with E-state index in [1.165, 1.54) is 6.92 Å². The van der Waals surface area contributed by atoms with Crippen molar-refractivity contribution in [1.29, 1.82) is 0 Å². The maximum absolute atomic E-state index is 13.9. The summed E-state index contributed by atoms with van der Waals surface area (Å²) >= 11 is 0. The molecule has 0 spiro atoms. The third-order valence-corrected chi connectivity index (χ3v) is 7.17. The molecular weight excluding hydrogens is 426 g/mol. The zero-order valence-electron chi connectivity index (χ0n) is 20.5. The Bertz CT molecular complexity index is 906. The minimum atomic E-state index is -0.736. The summed E-state index contributed by atoms with van der Waals surface area (Å²) in [6.07, 6.45) is 5.10. The standard InChI is InChI=1S/C29H37NO4/c1-4-5-12-17-29(18-25(20-31)26(19-29)21(2)30-22(3)32)28(33)34-27(23-13-8-6-9-14-23)24-15-10-7-11-16-24/h6-11,13-16,20-21,25-27H,4-5,12,17-19H2,1-3H3,(H,30,32). The monoisotopic (exact) mass is 463 g/mol. The fourth-order valence-electron chi connectivity index (χ4n) is 5.42. The molecule has 0 radical (unpaired) electrons. The second-order valence-corrected chi connectivity index (χ2v) is 9.71. The molecule has 1 saturated carbocycles. The molecule has 5 heteroatoms. The number of rotatable bonds is 11. The van der Waals surface area contributed by atoms with Crippen LogP contribution in [-0.2, 0) is 19.1 Å². The largest absolute Gasteiger partial charge is 0.452 e. The Hall–Kier alpha value is -2.95. The third kappa shape index (κ3) is 6.13. The minimum Gasteiger partial charge on any atom is -0.452 e. The van der Waals surface area contributed by atoms with Crippen molar-refractivity contribution >= 4 is 18.2 Å². The summed E-state index contributed by atoms with van der Waals surface area (Å²) in [5.41, 5.74) is 1.10. The maximum Gasteiger partial charge on any atom is 0.313 e. The van der Waals surface area contributed by atoms with Crippen LogP contribution in [0.1, 0.15) is 76.5 Å². The Balaban J connectivity index is 1.92. The van der Waals surface area contributed by atoms with Crippen molar-refractivity contribution in [1.82, 2.24) is 5.32 Å². The number of carbonyl (C=O) groups excluding carboxylic acids is 3. The van der Waals surface area contributed by atoms with Gasteiger partial charge in [-0.05, 0) is 43.2 Å². The molecule has 1 aliphatic rings. The number of aldehydes is 1. The van der Waals surface area contributed by atoms with Gasteiger partial charge in [0.15, 0.2) is 6.10 Å². The molecule has 0 bridgehead atoms. The SMILES string of the molecule is CCCCCC1(C(=O)OC(c2ccccc2)c2ccccc2)CC(C=O)C(C(C)NC(C)=O)C1. The zero-order chi connectivity index (χ0) is 24.6. The Kier molecular flexibility index (Phi) is 9.03. The summed E-state index contributed by atoms with van der Waals surface area (Å²) in [5, 5.41) is 2.94. The molecule has 1 N–H and O–H groups in total. The number of amides is 1. The van der Waals surface area contributed by atoms with E-state index >= 15 is 0 Å². The lowest BCUT2D eigenvalue weighted by Crippen LogP contribution is -2.39. The van der Waals surface area contributed by atoms with Gasteiger partial charge >= 0.3 is 5.97 Å². The number of carbonyl (C=O) groups is 3. The number of unbranched alkanes of at least 4 members (excludes halogenated alkanes) is 2. The summed E-state index contributed by atoms with van der Waals surface area (Å²) in [6.45, 7) is 5.54. The quantitative estimate of drug-likeness (QED) is 0.266. The van der Waals surface area contributed by atoms with Crippen molar-refractivity contribution in [3.05, 3.63) is 71.8 Å². The average Bonchev–Trinajstić information content (AvgIpc) is 3.24. The lowest BCUT2D eigenvalue weighted by Gasteiger charge is -2.31. The average molecular weight is 464 g/mol. The maximum atomic E-state index is 13.9. The molecule has 2 aromatic carbocycles. The van der Waals surface area contributed by atoms with Crippen LogP contribution in [0, 0.1) is 17.3 Å². The van der Waals surface area contributed by atoms with Crippen LogP contribution < -0.4 is 5.32 Å². The molecule has 0 aromatic heterocycles. The molecule has 1 amide bonds. The Morgan fingerprint density at radius 3 is 2.12 bits per heavy atom. The minimum absolute atomic E-state index is 0.0949. The van der Waals surface area contributed by atoms with E-state index < -0.39 is 11.5 Å². The van der Waals surface area contributed by atoms with Gasteiger partial charge in [-0.25, -0.2) is 0 Å². The molecule has 3 rings (SSSR count). The van der Waals surface area contributed by atoms with Gasteiger partial charge in [0, 0.05) is 18.9 Å². The number of ether oxygens (including phenoxy) is 1. The summed E-state index contributed by atoms with van der Waals surface area (Å²) < 4.78 is 6.30. The summed E-state index contributed by atoms with van der Waals surface area (Å²) in [4.78, 5) is 37.7. The normalized spacial score (nSPS) is 22.8. The van der Waals surface area contributed by atoms with E-state index in [0.29, 0.717) is 19.3 Å². The van der Waals surface area contributed by atoms with Gasteiger partial charge in [-0.2, -0.15) is 0 Å². The number of esters is 1. The van der Waals surface area contributed by atoms with Crippen LogP contribution >= 0.6 is 0 Å². The van der Waals surface area contributed by atoms with E-state index in [2.05, 4.69) is 12.2 Å². The van der Waals surface area contributed by atoms with Crippen LogP contribution in [0.15, 0.2) is 60.7 Å². The van der Waals surface area contributed by atoms with E-state index in [0.717, 1.165) is 36.7 Å². The van der Waals surface area contributed by atoms with E-state index in [9.17, 15) is 14.4 Å². The summed E-state index contributed by atoms with van der Waals surface area (Å²) in [7, 11) is 0. The molecule has 0 saturated heterocycles. The fourth-order valence-corrected chi connectivity index (χ4v) is 5.42. The first kappa shape index (κ1) is 25.7. The van der Waals surface area contributed by atoms with E-state index in [1.54, 1.807) is 0 Å². The predicted octanol–water partition coefficient (Wildman–Crippen LogP) is 5.64. The van der Waals surface area contributed by atoms with Gasteiger partial charge in [0.05, 0.1) is 5.41 Å². The molecule has 1 aliphatic carbocycles. The topological polar surface area (TPSA) is 72.5 Å². The van der Waals surface area contributed by atoms with Crippen LogP contribution in [0.3, 0.4) is 0 Å². The highest BCUT2D eigenvalue weighted by molar-refractivity contribution is 5.79. The smallest absolute Gasteiger partial charge is 0.313 e. The molecule has 5 nitrogen and oxygen atoms in total. The van der Waals surface area contributed by atoms with Crippen LogP contribution in [0.25, 0.3) is 0 Å². The van der Waals surface area contributed by atoms with Crippen molar-refractivity contribution in [2.75, 3.05) is 0 Å². The van der Waals surface area contributed by atoms with Gasteiger partial charge in [-0.15, -0.1) is 0 Å². The summed E-state index contributed by atoms with van der Waals surface area (Å²) in [6, 6.07) is 19.4. The van der Waals surface area contributed by atoms with Gasteiger partial charge in [-0.3, -0.25) is 9.59 Å². The van der Waals surface area contributed by atoms with E-state index in [1.807, 2.05) is 67.6 Å².